The van der Waals surface area contributed by atoms with E-state index in [2.05, 4.69) is 32.8 Å². The number of halogens is 1. The number of hydrogen-bond acceptors (Lipinski definition) is 1. The zero-order chi connectivity index (χ0) is 10.7. The van der Waals surface area contributed by atoms with Crippen molar-refractivity contribution in [1.82, 2.24) is 9.78 Å². The van der Waals surface area contributed by atoms with Crippen LogP contribution in [0.5, 0.6) is 0 Å². The van der Waals surface area contributed by atoms with Crippen LogP contribution in [0.25, 0.3) is 0 Å². The van der Waals surface area contributed by atoms with E-state index in [1.54, 1.807) is 6.20 Å². The molecule has 0 aliphatic heterocycles. The van der Waals surface area contributed by atoms with E-state index in [0.29, 0.717) is 11.8 Å². The van der Waals surface area contributed by atoms with Gasteiger partial charge in [0, 0.05) is 6.54 Å². The molecule has 1 heterocycles. The predicted octanol–water partition coefficient (Wildman–Crippen LogP) is 3.39. The number of hydrogen-bond donors (Lipinski definition) is 0. The molecule has 1 aromatic rings. The lowest BCUT2D eigenvalue weighted by Crippen LogP contribution is -2.11. The van der Waals surface area contributed by atoms with Crippen LogP contribution in [-0.2, 0) is 13.0 Å². The molecule has 0 spiro atoms. The van der Waals surface area contributed by atoms with Crippen LogP contribution in [0.1, 0.15) is 33.4 Å². The highest BCUT2D eigenvalue weighted by molar-refractivity contribution is 6.31. The van der Waals surface area contributed by atoms with Gasteiger partial charge in [-0.1, -0.05) is 39.3 Å². The van der Waals surface area contributed by atoms with Crippen molar-refractivity contribution in [3.8, 4) is 0 Å². The van der Waals surface area contributed by atoms with Gasteiger partial charge in [0.1, 0.15) is 0 Å². The first-order chi connectivity index (χ1) is 6.50. The smallest absolute Gasteiger partial charge is 0.0817 e. The third-order valence-corrected chi connectivity index (χ3v) is 2.35. The molecule has 0 fully saturated rings. The van der Waals surface area contributed by atoms with Gasteiger partial charge < -0.3 is 0 Å². The van der Waals surface area contributed by atoms with Gasteiger partial charge in [-0.05, 0) is 18.3 Å². The first-order valence-corrected chi connectivity index (χ1v) is 5.58. The summed E-state index contributed by atoms with van der Waals surface area (Å²) in [6.45, 7) is 9.73. The van der Waals surface area contributed by atoms with Crippen molar-refractivity contribution >= 4 is 11.6 Å². The Morgan fingerprint density at radius 2 is 1.93 bits per heavy atom. The van der Waals surface area contributed by atoms with E-state index in [4.69, 9.17) is 11.6 Å². The molecule has 80 valence electrons. The Hall–Kier alpha value is -0.500. The van der Waals surface area contributed by atoms with Crippen LogP contribution in [-0.4, -0.2) is 9.78 Å². The van der Waals surface area contributed by atoms with E-state index in [0.717, 1.165) is 18.0 Å². The Morgan fingerprint density at radius 3 is 2.43 bits per heavy atom. The fourth-order valence-electron chi connectivity index (χ4n) is 1.48. The molecule has 0 N–H and O–H groups in total. The average Bonchev–Trinajstić information content (AvgIpc) is 2.34. The molecule has 0 aliphatic rings. The van der Waals surface area contributed by atoms with Gasteiger partial charge in [0.15, 0.2) is 0 Å². The summed E-state index contributed by atoms with van der Waals surface area (Å²) in [7, 11) is 0. The number of nitrogens with zero attached hydrogens (tertiary/aromatic N) is 2. The first kappa shape index (κ1) is 11.6. The van der Waals surface area contributed by atoms with Crippen molar-refractivity contribution < 1.29 is 0 Å². The Bertz CT molecular complexity index is 289. The molecule has 0 aliphatic carbocycles. The van der Waals surface area contributed by atoms with Gasteiger partial charge >= 0.3 is 0 Å². The average molecular weight is 215 g/mol. The maximum Gasteiger partial charge on any atom is 0.0817 e. The highest BCUT2D eigenvalue weighted by Crippen LogP contribution is 2.19. The zero-order valence-corrected chi connectivity index (χ0v) is 10.2. The summed E-state index contributed by atoms with van der Waals surface area (Å²) >= 11 is 6.09. The minimum atomic E-state index is 0.608. The van der Waals surface area contributed by atoms with E-state index in [-0.39, 0.29) is 0 Å². The standard InChI is InChI=1S/C11H19ClN2/c1-8(2)5-11-10(12)6-13-14(11)7-9(3)4/h6,8-9H,5,7H2,1-4H3. The summed E-state index contributed by atoms with van der Waals surface area (Å²) in [4.78, 5) is 0. The monoisotopic (exact) mass is 214 g/mol. The summed E-state index contributed by atoms with van der Waals surface area (Å²) in [6.07, 6.45) is 2.76. The molecule has 0 saturated carbocycles. The molecule has 3 heteroatoms. The second kappa shape index (κ2) is 4.83. The summed E-state index contributed by atoms with van der Waals surface area (Å²) in [5.41, 5.74) is 1.18. The van der Waals surface area contributed by atoms with E-state index < -0.39 is 0 Å². The molecule has 0 bridgehead atoms. The van der Waals surface area contributed by atoms with Gasteiger partial charge in [0.05, 0.1) is 16.9 Å². The van der Waals surface area contributed by atoms with Crippen molar-refractivity contribution in [3.05, 3.63) is 16.9 Å². The van der Waals surface area contributed by atoms with Crippen LogP contribution in [0.3, 0.4) is 0 Å². The van der Waals surface area contributed by atoms with Gasteiger partial charge in [-0.15, -0.1) is 0 Å². The van der Waals surface area contributed by atoms with E-state index >= 15 is 0 Å². The normalized spacial score (nSPS) is 11.6. The Morgan fingerprint density at radius 1 is 1.29 bits per heavy atom. The lowest BCUT2D eigenvalue weighted by Gasteiger charge is -2.11. The van der Waals surface area contributed by atoms with Crippen molar-refractivity contribution in [2.24, 2.45) is 11.8 Å². The topological polar surface area (TPSA) is 17.8 Å². The molecule has 14 heavy (non-hydrogen) atoms. The minimum Gasteiger partial charge on any atom is -0.268 e. The number of aromatic nitrogens is 2. The Labute approximate surface area is 91.3 Å². The molecule has 0 radical (unpaired) electrons. The summed E-state index contributed by atoms with van der Waals surface area (Å²) < 4.78 is 2.03. The molecular formula is C11H19ClN2. The van der Waals surface area contributed by atoms with E-state index in [1.165, 1.54) is 5.69 Å². The van der Waals surface area contributed by atoms with E-state index in [1.807, 2.05) is 4.68 Å². The fraction of sp³-hybridized carbons (Fsp3) is 0.727. The predicted molar refractivity (Wildman–Crippen MR) is 60.6 cm³/mol. The summed E-state index contributed by atoms with van der Waals surface area (Å²) in [6, 6.07) is 0. The molecule has 0 aromatic carbocycles. The second-order valence-electron chi connectivity index (χ2n) is 4.61. The summed E-state index contributed by atoms with van der Waals surface area (Å²) in [5.74, 6) is 1.23. The summed E-state index contributed by atoms with van der Waals surface area (Å²) in [5, 5.41) is 5.10. The lowest BCUT2D eigenvalue weighted by molar-refractivity contribution is 0.457. The molecule has 0 unspecified atom stereocenters. The fourth-order valence-corrected chi connectivity index (χ4v) is 1.70. The zero-order valence-electron chi connectivity index (χ0n) is 9.42. The van der Waals surface area contributed by atoms with Crippen molar-refractivity contribution in [2.45, 2.75) is 40.7 Å². The molecule has 2 nitrogen and oxygen atoms in total. The van der Waals surface area contributed by atoms with Gasteiger partial charge in [-0.2, -0.15) is 5.10 Å². The molecule has 1 aromatic heterocycles. The van der Waals surface area contributed by atoms with Crippen LogP contribution >= 0.6 is 11.6 Å². The van der Waals surface area contributed by atoms with Gasteiger partial charge in [-0.3, -0.25) is 4.68 Å². The van der Waals surface area contributed by atoms with Crippen LogP contribution in [0.15, 0.2) is 6.20 Å². The molecular weight excluding hydrogens is 196 g/mol. The molecule has 0 atom stereocenters. The maximum absolute atomic E-state index is 6.09. The van der Waals surface area contributed by atoms with Crippen molar-refractivity contribution in [3.63, 3.8) is 0 Å². The van der Waals surface area contributed by atoms with Crippen LogP contribution in [0.4, 0.5) is 0 Å². The van der Waals surface area contributed by atoms with Crippen LogP contribution in [0.2, 0.25) is 5.02 Å². The highest BCUT2D eigenvalue weighted by atomic mass is 35.5. The molecule has 0 amide bonds. The minimum absolute atomic E-state index is 0.608. The van der Waals surface area contributed by atoms with Crippen LogP contribution in [0, 0.1) is 11.8 Å². The van der Waals surface area contributed by atoms with Crippen LogP contribution < -0.4 is 0 Å². The Kier molecular flexibility index (Phi) is 3.99. The third-order valence-electron chi connectivity index (χ3n) is 2.04. The van der Waals surface area contributed by atoms with Gasteiger partial charge in [-0.25, -0.2) is 0 Å². The molecule has 1 rings (SSSR count). The third kappa shape index (κ3) is 3.02. The maximum atomic E-state index is 6.09. The quantitative estimate of drug-likeness (QED) is 0.752. The van der Waals surface area contributed by atoms with Crippen molar-refractivity contribution in [2.75, 3.05) is 0 Å². The molecule has 0 saturated heterocycles. The van der Waals surface area contributed by atoms with Crippen molar-refractivity contribution in [1.29, 1.82) is 0 Å². The highest BCUT2D eigenvalue weighted by Gasteiger charge is 2.11. The largest absolute Gasteiger partial charge is 0.268 e. The Balaban J connectivity index is 2.82. The number of rotatable bonds is 4. The van der Waals surface area contributed by atoms with Gasteiger partial charge in [0.25, 0.3) is 0 Å². The van der Waals surface area contributed by atoms with E-state index in [9.17, 15) is 0 Å². The first-order valence-electron chi connectivity index (χ1n) is 5.21. The lowest BCUT2D eigenvalue weighted by atomic mass is 10.1. The van der Waals surface area contributed by atoms with Gasteiger partial charge in [0.2, 0.25) is 0 Å². The second-order valence-corrected chi connectivity index (χ2v) is 5.02. The SMILES string of the molecule is CC(C)Cc1c(Cl)cnn1CC(C)C.